The molecule has 0 radical (unpaired) electrons. The van der Waals surface area contributed by atoms with Crippen LogP contribution < -0.4 is 0 Å². The van der Waals surface area contributed by atoms with E-state index in [1.165, 1.54) is 24.5 Å². The van der Waals surface area contributed by atoms with Crippen LogP contribution in [0.5, 0.6) is 0 Å². The standard InChI is InChI=1S/C13H6F5NO/c14-9-8(10(15)12(17)13(18)11(9)16)7(20)5-6-1-3-19-4-2-6/h1-4H,5H2. The number of carbonyl (C=O) groups is 1. The van der Waals surface area contributed by atoms with E-state index in [0.29, 0.717) is 5.56 Å². The highest BCUT2D eigenvalue weighted by molar-refractivity contribution is 5.98. The molecule has 0 spiro atoms. The van der Waals surface area contributed by atoms with Gasteiger partial charge in [0.15, 0.2) is 29.1 Å². The molecule has 0 amide bonds. The third kappa shape index (κ3) is 2.38. The van der Waals surface area contributed by atoms with Crippen molar-refractivity contribution in [3.05, 3.63) is 64.7 Å². The average Bonchev–Trinajstić information content (AvgIpc) is 2.44. The summed E-state index contributed by atoms with van der Waals surface area (Å²) in [5.41, 5.74) is -1.09. The molecule has 2 rings (SSSR count). The molecular weight excluding hydrogens is 281 g/mol. The molecule has 0 saturated heterocycles. The lowest BCUT2D eigenvalue weighted by Crippen LogP contribution is -2.14. The quantitative estimate of drug-likeness (QED) is 0.375. The van der Waals surface area contributed by atoms with E-state index in [9.17, 15) is 26.7 Å². The van der Waals surface area contributed by atoms with E-state index >= 15 is 0 Å². The molecule has 104 valence electrons. The molecule has 0 unspecified atom stereocenters. The predicted octanol–water partition coefficient (Wildman–Crippen LogP) is 3.20. The molecule has 2 aromatic rings. The molecule has 0 atom stereocenters. The van der Waals surface area contributed by atoms with Crippen LogP contribution in [0.3, 0.4) is 0 Å². The van der Waals surface area contributed by atoms with Crippen molar-refractivity contribution in [1.29, 1.82) is 0 Å². The minimum Gasteiger partial charge on any atom is -0.294 e. The van der Waals surface area contributed by atoms with Gasteiger partial charge in [0, 0.05) is 18.8 Å². The molecule has 0 saturated carbocycles. The molecular formula is C13H6F5NO. The van der Waals surface area contributed by atoms with Crippen LogP contribution in [-0.4, -0.2) is 10.8 Å². The number of ketones is 1. The van der Waals surface area contributed by atoms with Gasteiger partial charge in [-0.15, -0.1) is 0 Å². The number of rotatable bonds is 3. The first kappa shape index (κ1) is 14.1. The van der Waals surface area contributed by atoms with Gasteiger partial charge in [-0.05, 0) is 17.7 Å². The van der Waals surface area contributed by atoms with Crippen molar-refractivity contribution in [2.24, 2.45) is 0 Å². The molecule has 2 nitrogen and oxygen atoms in total. The van der Waals surface area contributed by atoms with Gasteiger partial charge < -0.3 is 0 Å². The number of hydrogen-bond donors (Lipinski definition) is 0. The Bertz CT molecular complexity index is 643. The Hall–Kier alpha value is -2.31. The van der Waals surface area contributed by atoms with Crippen LogP contribution in [0.25, 0.3) is 0 Å². The van der Waals surface area contributed by atoms with Gasteiger partial charge >= 0.3 is 0 Å². The molecule has 0 aliphatic rings. The number of Topliss-reactive ketones (excluding diaryl/α,β-unsaturated/α-hetero) is 1. The van der Waals surface area contributed by atoms with Gasteiger partial charge in [-0.2, -0.15) is 0 Å². The largest absolute Gasteiger partial charge is 0.294 e. The Labute approximate surface area is 109 Å². The smallest absolute Gasteiger partial charge is 0.200 e. The lowest BCUT2D eigenvalue weighted by molar-refractivity contribution is 0.0981. The van der Waals surface area contributed by atoms with Crippen molar-refractivity contribution < 1.29 is 26.7 Å². The van der Waals surface area contributed by atoms with Crippen molar-refractivity contribution in [3.8, 4) is 0 Å². The zero-order valence-corrected chi connectivity index (χ0v) is 9.76. The van der Waals surface area contributed by atoms with Crippen LogP contribution in [0.4, 0.5) is 22.0 Å². The lowest BCUT2D eigenvalue weighted by atomic mass is 10.0. The highest BCUT2D eigenvalue weighted by Gasteiger charge is 2.29. The van der Waals surface area contributed by atoms with Crippen molar-refractivity contribution in [2.45, 2.75) is 6.42 Å². The van der Waals surface area contributed by atoms with E-state index in [4.69, 9.17) is 0 Å². The van der Waals surface area contributed by atoms with Gasteiger partial charge in [0.25, 0.3) is 0 Å². The third-order valence-electron chi connectivity index (χ3n) is 2.60. The lowest BCUT2D eigenvalue weighted by Gasteiger charge is -2.07. The second-order valence-corrected chi connectivity index (χ2v) is 3.90. The number of aromatic nitrogens is 1. The highest BCUT2D eigenvalue weighted by Crippen LogP contribution is 2.24. The second kappa shape index (κ2) is 5.36. The number of benzene rings is 1. The summed E-state index contributed by atoms with van der Waals surface area (Å²) in [5.74, 6) is -12.0. The van der Waals surface area contributed by atoms with Crippen molar-refractivity contribution in [3.63, 3.8) is 0 Å². The predicted molar refractivity (Wildman–Crippen MR) is 58.5 cm³/mol. The molecule has 1 aromatic heterocycles. The Morgan fingerprint density at radius 1 is 0.850 bits per heavy atom. The average molecular weight is 287 g/mol. The fraction of sp³-hybridized carbons (Fsp3) is 0.0769. The van der Waals surface area contributed by atoms with Crippen molar-refractivity contribution >= 4 is 5.78 Å². The van der Waals surface area contributed by atoms with Gasteiger partial charge in [-0.1, -0.05) is 0 Å². The minimum atomic E-state index is -2.29. The molecule has 0 aliphatic carbocycles. The molecule has 0 bridgehead atoms. The Morgan fingerprint density at radius 2 is 1.30 bits per heavy atom. The number of hydrogen-bond acceptors (Lipinski definition) is 2. The van der Waals surface area contributed by atoms with Crippen LogP contribution in [-0.2, 0) is 6.42 Å². The van der Waals surface area contributed by atoms with Crippen LogP contribution in [0.1, 0.15) is 15.9 Å². The summed E-state index contributed by atoms with van der Waals surface area (Å²) in [4.78, 5) is 15.4. The molecule has 7 heteroatoms. The number of nitrogens with zero attached hydrogens (tertiary/aromatic N) is 1. The summed E-state index contributed by atoms with van der Waals surface area (Å²) in [5, 5.41) is 0. The Balaban J connectivity index is 2.45. The van der Waals surface area contributed by atoms with Crippen LogP contribution in [0, 0.1) is 29.1 Å². The molecule has 0 N–H and O–H groups in total. The minimum absolute atomic E-state index is 0.342. The number of pyridine rings is 1. The zero-order chi connectivity index (χ0) is 14.9. The van der Waals surface area contributed by atoms with Gasteiger partial charge in [-0.3, -0.25) is 9.78 Å². The second-order valence-electron chi connectivity index (χ2n) is 3.90. The van der Waals surface area contributed by atoms with Crippen LogP contribution >= 0.6 is 0 Å². The summed E-state index contributed by atoms with van der Waals surface area (Å²) in [6.07, 6.45) is 2.17. The van der Waals surface area contributed by atoms with Crippen molar-refractivity contribution in [1.82, 2.24) is 4.98 Å². The molecule has 1 heterocycles. The van der Waals surface area contributed by atoms with Gasteiger partial charge in [0.1, 0.15) is 0 Å². The number of carbonyl (C=O) groups excluding carboxylic acids is 1. The van der Waals surface area contributed by atoms with Gasteiger partial charge in [0.05, 0.1) is 5.56 Å². The SMILES string of the molecule is O=C(Cc1ccncc1)c1c(F)c(F)c(F)c(F)c1F. The Kier molecular flexibility index (Phi) is 3.78. The molecule has 0 aliphatic heterocycles. The molecule has 0 fully saturated rings. The van der Waals surface area contributed by atoms with E-state index in [1.807, 2.05) is 0 Å². The summed E-state index contributed by atoms with van der Waals surface area (Å²) >= 11 is 0. The Morgan fingerprint density at radius 3 is 1.80 bits per heavy atom. The zero-order valence-electron chi connectivity index (χ0n) is 9.76. The molecule has 20 heavy (non-hydrogen) atoms. The maximum Gasteiger partial charge on any atom is 0.200 e. The number of halogens is 5. The topological polar surface area (TPSA) is 30.0 Å². The van der Waals surface area contributed by atoms with Crippen LogP contribution in [0.2, 0.25) is 0 Å². The van der Waals surface area contributed by atoms with E-state index in [2.05, 4.69) is 4.98 Å². The van der Waals surface area contributed by atoms with E-state index < -0.39 is 46.9 Å². The van der Waals surface area contributed by atoms with Gasteiger partial charge in [-0.25, -0.2) is 22.0 Å². The first-order valence-corrected chi connectivity index (χ1v) is 5.37. The summed E-state index contributed by atoms with van der Waals surface area (Å²) in [6.45, 7) is 0. The van der Waals surface area contributed by atoms with E-state index in [0.717, 1.165) is 0 Å². The summed E-state index contributed by atoms with van der Waals surface area (Å²) < 4.78 is 65.6. The van der Waals surface area contributed by atoms with Crippen molar-refractivity contribution in [2.75, 3.05) is 0 Å². The normalized spacial score (nSPS) is 10.7. The first-order valence-electron chi connectivity index (χ1n) is 5.37. The van der Waals surface area contributed by atoms with Crippen LogP contribution in [0.15, 0.2) is 24.5 Å². The monoisotopic (exact) mass is 287 g/mol. The third-order valence-corrected chi connectivity index (χ3v) is 2.60. The highest BCUT2D eigenvalue weighted by atomic mass is 19.2. The fourth-order valence-corrected chi connectivity index (χ4v) is 1.62. The summed E-state index contributed by atoms with van der Waals surface area (Å²) in [7, 11) is 0. The van der Waals surface area contributed by atoms with E-state index in [-0.39, 0.29) is 0 Å². The van der Waals surface area contributed by atoms with E-state index in [1.54, 1.807) is 0 Å². The molecule has 1 aromatic carbocycles. The maximum atomic E-state index is 13.4. The fourth-order valence-electron chi connectivity index (χ4n) is 1.62. The first-order chi connectivity index (χ1) is 9.43. The van der Waals surface area contributed by atoms with Gasteiger partial charge in [0.2, 0.25) is 5.82 Å². The maximum absolute atomic E-state index is 13.4. The summed E-state index contributed by atoms with van der Waals surface area (Å²) in [6, 6.07) is 2.79.